The van der Waals surface area contributed by atoms with Crippen molar-refractivity contribution in [1.29, 1.82) is 0 Å². The monoisotopic (exact) mass is 224 g/mol. The van der Waals surface area contributed by atoms with E-state index in [0.717, 1.165) is 6.07 Å². The Bertz CT molecular complexity index is 466. The predicted octanol–water partition coefficient (Wildman–Crippen LogP) is 2.83. The van der Waals surface area contributed by atoms with Gasteiger partial charge in [-0.05, 0) is 23.8 Å². The highest BCUT2D eigenvalue weighted by Crippen LogP contribution is 2.21. The van der Waals surface area contributed by atoms with Gasteiger partial charge in [0.25, 0.3) is 0 Å². The van der Waals surface area contributed by atoms with Crippen LogP contribution in [0, 0.1) is 11.6 Å². The number of benzene rings is 1. The van der Waals surface area contributed by atoms with E-state index in [1.807, 2.05) is 0 Å². The largest absolute Gasteiger partial charge is 0.467 e. The van der Waals surface area contributed by atoms with Gasteiger partial charge in [0.2, 0.25) is 0 Å². The van der Waals surface area contributed by atoms with Crippen LogP contribution in [0.4, 0.5) is 8.78 Å². The van der Waals surface area contributed by atoms with E-state index in [1.54, 1.807) is 12.1 Å². The van der Waals surface area contributed by atoms with Crippen molar-refractivity contribution in [3.63, 3.8) is 0 Å². The molecule has 0 bridgehead atoms. The molecule has 1 atom stereocenters. The van der Waals surface area contributed by atoms with Crippen molar-refractivity contribution in [3.8, 4) is 0 Å². The van der Waals surface area contributed by atoms with Crippen LogP contribution in [0.2, 0.25) is 0 Å². The summed E-state index contributed by atoms with van der Waals surface area (Å²) in [6.07, 6.45) is 0.434. The number of aliphatic hydroxyl groups excluding tert-OH is 1. The molecule has 2 aromatic rings. The van der Waals surface area contributed by atoms with Gasteiger partial charge in [-0.2, -0.15) is 0 Å². The first-order valence-electron chi connectivity index (χ1n) is 4.83. The zero-order valence-corrected chi connectivity index (χ0v) is 8.36. The second-order valence-corrected chi connectivity index (χ2v) is 3.45. The SMILES string of the molecule is OC(Cc1cccc(F)c1F)c1ccco1. The van der Waals surface area contributed by atoms with E-state index >= 15 is 0 Å². The Morgan fingerprint density at radius 2 is 2.00 bits per heavy atom. The quantitative estimate of drug-likeness (QED) is 0.869. The molecule has 16 heavy (non-hydrogen) atoms. The average Bonchev–Trinajstić information content (AvgIpc) is 2.78. The lowest BCUT2D eigenvalue weighted by Crippen LogP contribution is -2.03. The molecule has 0 amide bonds. The van der Waals surface area contributed by atoms with Gasteiger partial charge in [0.05, 0.1) is 6.26 Å². The van der Waals surface area contributed by atoms with Crippen LogP contribution < -0.4 is 0 Å². The fraction of sp³-hybridized carbons (Fsp3) is 0.167. The highest BCUT2D eigenvalue weighted by atomic mass is 19.2. The van der Waals surface area contributed by atoms with E-state index in [4.69, 9.17) is 4.42 Å². The molecule has 2 nitrogen and oxygen atoms in total. The second kappa shape index (κ2) is 4.45. The maximum atomic E-state index is 13.3. The fourth-order valence-electron chi connectivity index (χ4n) is 1.50. The van der Waals surface area contributed by atoms with Gasteiger partial charge in [-0.25, -0.2) is 8.78 Å². The maximum Gasteiger partial charge on any atom is 0.162 e. The fourth-order valence-corrected chi connectivity index (χ4v) is 1.50. The van der Waals surface area contributed by atoms with Gasteiger partial charge in [0.1, 0.15) is 11.9 Å². The van der Waals surface area contributed by atoms with E-state index in [9.17, 15) is 13.9 Å². The van der Waals surface area contributed by atoms with Crippen LogP contribution in [0.15, 0.2) is 41.0 Å². The molecule has 0 spiro atoms. The van der Waals surface area contributed by atoms with Gasteiger partial charge in [0, 0.05) is 6.42 Å². The number of rotatable bonds is 3. The molecule has 1 N–H and O–H groups in total. The molecule has 4 heteroatoms. The van der Waals surface area contributed by atoms with Crippen molar-refractivity contribution in [2.24, 2.45) is 0 Å². The van der Waals surface area contributed by atoms with Crippen LogP contribution in [0.1, 0.15) is 17.4 Å². The molecule has 84 valence electrons. The lowest BCUT2D eigenvalue weighted by molar-refractivity contribution is 0.149. The van der Waals surface area contributed by atoms with Crippen molar-refractivity contribution in [2.75, 3.05) is 0 Å². The molecule has 2 rings (SSSR count). The minimum atomic E-state index is -0.966. The van der Waals surface area contributed by atoms with E-state index in [1.165, 1.54) is 18.4 Å². The van der Waals surface area contributed by atoms with Crippen LogP contribution >= 0.6 is 0 Å². The molecule has 0 radical (unpaired) electrons. The molecule has 0 saturated heterocycles. The third kappa shape index (κ3) is 2.12. The van der Waals surface area contributed by atoms with Crippen LogP contribution in [0.25, 0.3) is 0 Å². The summed E-state index contributed by atoms with van der Waals surface area (Å²) in [5.41, 5.74) is 0.129. The first-order valence-corrected chi connectivity index (χ1v) is 4.83. The highest BCUT2D eigenvalue weighted by Gasteiger charge is 2.15. The molecule has 1 unspecified atom stereocenters. The topological polar surface area (TPSA) is 33.4 Å². The molecular formula is C12H10F2O2. The Labute approximate surface area is 91.1 Å². The zero-order valence-electron chi connectivity index (χ0n) is 8.36. The molecule has 1 heterocycles. The first-order chi connectivity index (χ1) is 7.68. The van der Waals surface area contributed by atoms with Crippen LogP contribution in [-0.4, -0.2) is 5.11 Å². The van der Waals surface area contributed by atoms with Crippen molar-refractivity contribution < 1.29 is 18.3 Å². The van der Waals surface area contributed by atoms with Crippen molar-refractivity contribution in [2.45, 2.75) is 12.5 Å². The minimum Gasteiger partial charge on any atom is -0.467 e. The third-order valence-electron chi connectivity index (χ3n) is 2.32. The number of halogens is 2. The van der Waals surface area contributed by atoms with E-state index in [2.05, 4.69) is 0 Å². The zero-order chi connectivity index (χ0) is 11.5. The normalized spacial score (nSPS) is 12.7. The maximum absolute atomic E-state index is 13.3. The number of aliphatic hydroxyl groups is 1. The van der Waals surface area contributed by atoms with Crippen LogP contribution in [0.5, 0.6) is 0 Å². The standard InChI is InChI=1S/C12H10F2O2/c13-9-4-1-3-8(12(9)14)7-10(15)11-5-2-6-16-11/h1-6,10,15H,7H2. The summed E-state index contributed by atoms with van der Waals surface area (Å²) in [5, 5.41) is 9.70. The van der Waals surface area contributed by atoms with Crippen LogP contribution in [0.3, 0.4) is 0 Å². The van der Waals surface area contributed by atoms with Crippen molar-refractivity contribution in [3.05, 3.63) is 59.6 Å². The Balaban J connectivity index is 2.18. The Morgan fingerprint density at radius 1 is 1.19 bits per heavy atom. The molecule has 0 aliphatic heterocycles. The summed E-state index contributed by atoms with van der Waals surface area (Å²) in [4.78, 5) is 0. The summed E-state index contributed by atoms with van der Waals surface area (Å²) in [6.45, 7) is 0. The average molecular weight is 224 g/mol. The molecule has 1 aromatic carbocycles. The van der Waals surface area contributed by atoms with Gasteiger partial charge in [-0.1, -0.05) is 12.1 Å². The van der Waals surface area contributed by atoms with Crippen molar-refractivity contribution in [1.82, 2.24) is 0 Å². The summed E-state index contributed by atoms with van der Waals surface area (Å²) < 4.78 is 31.2. The summed E-state index contributed by atoms with van der Waals surface area (Å²) >= 11 is 0. The van der Waals surface area contributed by atoms with E-state index in [-0.39, 0.29) is 12.0 Å². The predicted molar refractivity (Wildman–Crippen MR) is 53.7 cm³/mol. The summed E-state index contributed by atoms with van der Waals surface area (Å²) in [5.74, 6) is -1.50. The summed E-state index contributed by atoms with van der Waals surface area (Å²) in [7, 11) is 0. The molecule has 0 saturated carbocycles. The van der Waals surface area contributed by atoms with Gasteiger partial charge < -0.3 is 9.52 Å². The smallest absolute Gasteiger partial charge is 0.162 e. The van der Waals surface area contributed by atoms with Gasteiger partial charge in [-0.15, -0.1) is 0 Å². The first kappa shape index (κ1) is 10.8. The van der Waals surface area contributed by atoms with Gasteiger partial charge >= 0.3 is 0 Å². The minimum absolute atomic E-state index is 0.0168. The molecular weight excluding hydrogens is 214 g/mol. The number of furan rings is 1. The lowest BCUT2D eigenvalue weighted by atomic mass is 10.1. The highest BCUT2D eigenvalue weighted by molar-refractivity contribution is 5.21. The Morgan fingerprint density at radius 3 is 2.69 bits per heavy atom. The Kier molecular flexibility index (Phi) is 3.01. The summed E-state index contributed by atoms with van der Waals surface area (Å²) in [6, 6.07) is 7.09. The van der Waals surface area contributed by atoms with E-state index < -0.39 is 17.7 Å². The number of hydrogen-bond donors (Lipinski definition) is 1. The van der Waals surface area contributed by atoms with Gasteiger partial charge in [0.15, 0.2) is 11.6 Å². The number of hydrogen-bond acceptors (Lipinski definition) is 2. The van der Waals surface area contributed by atoms with Crippen LogP contribution in [-0.2, 0) is 6.42 Å². The van der Waals surface area contributed by atoms with E-state index in [0.29, 0.717) is 5.76 Å². The molecule has 0 aliphatic rings. The van der Waals surface area contributed by atoms with Crippen molar-refractivity contribution >= 4 is 0 Å². The Hall–Kier alpha value is -1.68. The lowest BCUT2D eigenvalue weighted by Gasteiger charge is -2.08. The second-order valence-electron chi connectivity index (χ2n) is 3.45. The third-order valence-corrected chi connectivity index (χ3v) is 2.32. The molecule has 1 aromatic heterocycles. The molecule has 0 aliphatic carbocycles. The van der Waals surface area contributed by atoms with Gasteiger partial charge in [-0.3, -0.25) is 0 Å². The molecule has 0 fully saturated rings.